The lowest BCUT2D eigenvalue weighted by molar-refractivity contribution is -0.384. The number of benzene rings is 1. The van der Waals surface area contributed by atoms with E-state index in [0.29, 0.717) is 13.1 Å². The average Bonchev–Trinajstić information content (AvgIpc) is 2.28. The summed E-state index contributed by atoms with van der Waals surface area (Å²) in [4.78, 5) is 10.1. The van der Waals surface area contributed by atoms with Crippen molar-refractivity contribution in [1.29, 1.82) is 0 Å². The van der Waals surface area contributed by atoms with Gasteiger partial charge in [0.05, 0.1) is 16.0 Å². The topological polar surface area (TPSA) is 67.2 Å². The van der Waals surface area contributed by atoms with E-state index in [1.54, 1.807) is 0 Å². The molecule has 7 heteroatoms. The first-order chi connectivity index (χ1) is 8.06. The quantitative estimate of drug-likeness (QED) is 0.469. The van der Waals surface area contributed by atoms with Crippen LogP contribution in [0.2, 0.25) is 5.02 Å². The van der Waals surface area contributed by atoms with Crippen molar-refractivity contribution >= 4 is 23.0 Å². The fraction of sp³-hybridized carbons (Fsp3) is 0.400. The van der Waals surface area contributed by atoms with Crippen molar-refractivity contribution < 1.29 is 9.31 Å². The van der Waals surface area contributed by atoms with E-state index < -0.39 is 10.7 Å². The summed E-state index contributed by atoms with van der Waals surface area (Å²) in [5.74, 6) is -0.796. The zero-order valence-corrected chi connectivity index (χ0v) is 10.1. The van der Waals surface area contributed by atoms with Crippen LogP contribution in [0.5, 0.6) is 0 Å². The number of likely N-dealkylation sites (N-methyl/N-ethyl adjacent to an activating group) is 1. The summed E-state index contributed by atoms with van der Waals surface area (Å²) in [6, 6.07) is 2.04. The van der Waals surface area contributed by atoms with Crippen LogP contribution in [0.1, 0.15) is 6.92 Å². The SMILES string of the molecule is CCNCCNc1cc(Cl)c(F)cc1[N+](=O)[O-]. The number of hydrogen-bond donors (Lipinski definition) is 2. The molecular weight excluding hydrogens is 249 g/mol. The van der Waals surface area contributed by atoms with Crippen molar-refractivity contribution in [2.24, 2.45) is 0 Å². The minimum Gasteiger partial charge on any atom is -0.378 e. The minimum atomic E-state index is -0.796. The maximum atomic E-state index is 13.1. The van der Waals surface area contributed by atoms with Crippen molar-refractivity contribution in [1.82, 2.24) is 5.32 Å². The Bertz CT molecular complexity index is 415. The van der Waals surface area contributed by atoms with Crippen LogP contribution in [0.3, 0.4) is 0 Å². The largest absolute Gasteiger partial charge is 0.378 e. The fourth-order valence-corrected chi connectivity index (χ4v) is 1.45. The highest BCUT2D eigenvalue weighted by atomic mass is 35.5. The third kappa shape index (κ3) is 3.83. The van der Waals surface area contributed by atoms with E-state index >= 15 is 0 Å². The molecule has 2 N–H and O–H groups in total. The predicted molar refractivity (Wildman–Crippen MR) is 65.1 cm³/mol. The zero-order chi connectivity index (χ0) is 12.8. The summed E-state index contributed by atoms with van der Waals surface area (Å²) >= 11 is 5.58. The van der Waals surface area contributed by atoms with Crippen molar-refractivity contribution in [2.75, 3.05) is 25.0 Å². The Morgan fingerprint density at radius 3 is 2.76 bits per heavy atom. The molecule has 0 unspecified atom stereocenters. The molecule has 5 nitrogen and oxygen atoms in total. The number of rotatable bonds is 6. The summed E-state index contributed by atoms with van der Waals surface area (Å²) in [6.07, 6.45) is 0. The van der Waals surface area contributed by atoms with Crippen LogP contribution in [0.4, 0.5) is 15.8 Å². The van der Waals surface area contributed by atoms with Gasteiger partial charge >= 0.3 is 0 Å². The van der Waals surface area contributed by atoms with Gasteiger partial charge in [0.1, 0.15) is 11.5 Å². The molecule has 0 aromatic heterocycles. The van der Waals surface area contributed by atoms with Crippen LogP contribution in [0.15, 0.2) is 12.1 Å². The fourth-order valence-electron chi connectivity index (χ4n) is 1.29. The Hall–Kier alpha value is -1.40. The Morgan fingerprint density at radius 2 is 2.18 bits per heavy atom. The minimum absolute atomic E-state index is 0.137. The molecule has 94 valence electrons. The van der Waals surface area contributed by atoms with E-state index in [2.05, 4.69) is 10.6 Å². The van der Waals surface area contributed by atoms with Gasteiger partial charge < -0.3 is 10.6 Å². The molecule has 0 saturated heterocycles. The van der Waals surface area contributed by atoms with Gasteiger partial charge in [0.15, 0.2) is 0 Å². The third-order valence-corrected chi connectivity index (χ3v) is 2.39. The van der Waals surface area contributed by atoms with Crippen molar-refractivity contribution in [2.45, 2.75) is 6.92 Å². The van der Waals surface area contributed by atoms with Gasteiger partial charge in [-0.05, 0) is 12.6 Å². The molecule has 0 aliphatic rings. The molecule has 0 radical (unpaired) electrons. The summed E-state index contributed by atoms with van der Waals surface area (Å²) in [5, 5.41) is 16.5. The molecule has 0 amide bonds. The van der Waals surface area contributed by atoms with E-state index in [1.165, 1.54) is 6.07 Å². The molecule has 1 rings (SSSR count). The molecule has 0 aliphatic carbocycles. The second kappa shape index (κ2) is 6.36. The highest BCUT2D eigenvalue weighted by Crippen LogP contribution is 2.29. The Morgan fingerprint density at radius 1 is 1.47 bits per heavy atom. The molecule has 0 saturated carbocycles. The van der Waals surface area contributed by atoms with Gasteiger partial charge in [0, 0.05) is 13.1 Å². The summed E-state index contributed by atoms with van der Waals surface area (Å²) in [6.45, 7) is 3.92. The lowest BCUT2D eigenvalue weighted by atomic mass is 10.2. The van der Waals surface area contributed by atoms with Gasteiger partial charge in [-0.1, -0.05) is 18.5 Å². The van der Waals surface area contributed by atoms with Gasteiger partial charge in [0.2, 0.25) is 0 Å². The number of nitrogens with one attached hydrogen (secondary N) is 2. The molecule has 1 aromatic carbocycles. The Labute approximate surface area is 103 Å². The predicted octanol–water partition coefficient (Wildman–Crippen LogP) is 2.41. The lowest BCUT2D eigenvalue weighted by Crippen LogP contribution is -2.21. The number of halogens is 2. The van der Waals surface area contributed by atoms with Gasteiger partial charge in [-0.25, -0.2) is 4.39 Å². The Kier molecular flexibility index (Phi) is 5.11. The molecular formula is C10H13ClFN3O2. The smallest absolute Gasteiger partial charge is 0.295 e. The average molecular weight is 262 g/mol. The van der Waals surface area contributed by atoms with Crippen molar-refractivity contribution in [3.8, 4) is 0 Å². The lowest BCUT2D eigenvalue weighted by Gasteiger charge is -2.08. The Balaban J connectivity index is 2.81. The number of anilines is 1. The van der Waals surface area contributed by atoms with Gasteiger partial charge in [-0.15, -0.1) is 0 Å². The normalized spacial score (nSPS) is 10.3. The van der Waals surface area contributed by atoms with E-state index in [1.807, 2.05) is 6.92 Å². The van der Waals surface area contributed by atoms with Crippen LogP contribution in [-0.2, 0) is 0 Å². The molecule has 0 bridgehead atoms. The third-order valence-electron chi connectivity index (χ3n) is 2.10. The number of hydrogen-bond acceptors (Lipinski definition) is 4. The summed E-state index contributed by atoms with van der Waals surface area (Å²) < 4.78 is 13.1. The van der Waals surface area contributed by atoms with Gasteiger partial charge in [0.25, 0.3) is 5.69 Å². The van der Waals surface area contributed by atoms with E-state index in [9.17, 15) is 14.5 Å². The second-order valence-corrected chi connectivity index (χ2v) is 3.73. The number of nitrogens with zero attached hydrogens (tertiary/aromatic N) is 1. The zero-order valence-electron chi connectivity index (χ0n) is 9.30. The van der Waals surface area contributed by atoms with Crippen molar-refractivity contribution in [3.63, 3.8) is 0 Å². The molecule has 17 heavy (non-hydrogen) atoms. The van der Waals surface area contributed by atoms with Crippen LogP contribution in [0, 0.1) is 15.9 Å². The first-order valence-electron chi connectivity index (χ1n) is 5.14. The standard InChI is InChI=1S/C10H13ClFN3O2/c1-2-13-3-4-14-9-5-7(11)8(12)6-10(9)15(16)17/h5-6,13-14H,2-4H2,1H3. The first-order valence-corrected chi connectivity index (χ1v) is 5.52. The molecule has 0 heterocycles. The maximum absolute atomic E-state index is 13.1. The maximum Gasteiger partial charge on any atom is 0.295 e. The van der Waals surface area contributed by atoms with E-state index in [0.717, 1.165) is 12.6 Å². The molecule has 0 aliphatic heterocycles. The molecule has 0 spiro atoms. The van der Waals surface area contributed by atoms with Crippen LogP contribution >= 0.6 is 11.6 Å². The van der Waals surface area contributed by atoms with Crippen molar-refractivity contribution in [3.05, 3.63) is 33.1 Å². The monoisotopic (exact) mass is 261 g/mol. The summed E-state index contributed by atoms with van der Waals surface area (Å²) in [5.41, 5.74) is -0.0947. The highest BCUT2D eigenvalue weighted by Gasteiger charge is 2.17. The highest BCUT2D eigenvalue weighted by molar-refractivity contribution is 6.31. The van der Waals surface area contributed by atoms with Crippen LogP contribution in [-0.4, -0.2) is 24.6 Å². The van der Waals surface area contributed by atoms with Crippen LogP contribution in [0.25, 0.3) is 0 Å². The second-order valence-electron chi connectivity index (χ2n) is 3.32. The molecule has 1 aromatic rings. The number of nitro benzene ring substituents is 1. The van der Waals surface area contributed by atoms with Gasteiger partial charge in [-0.3, -0.25) is 10.1 Å². The summed E-state index contributed by atoms with van der Waals surface area (Å²) in [7, 11) is 0. The van der Waals surface area contributed by atoms with Gasteiger partial charge in [-0.2, -0.15) is 0 Å². The first kappa shape index (κ1) is 13.7. The van der Waals surface area contributed by atoms with Crippen LogP contribution < -0.4 is 10.6 Å². The molecule has 0 fully saturated rings. The van der Waals surface area contributed by atoms with E-state index in [4.69, 9.17) is 11.6 Å². The molecule has 0 atom stereocenters. The number of nitro groups is 1. The van der Waals surface area contributed by atoms with E-state index in [-0.39, 0.29) is 16.4 Å².